The molecule has 1 amide bonds. The number of carbonyl (C=O) groups excluding carboxylic acids is 1. The van der Waals surface area contributed by atoms with E-state index in [4.69, 9.17) is 4.74 Å². The normalized spacial score (nSPS) is 15.7. The standard InChI is InChI=1S/C20H19N5O2/c1-3-10-27-15-7-4-6-14(11-15)16-12-17(26)23-19-18(16)13(2)24-25(19)20-21-8-5-9-22-20/h3-9,11,16H,1,10,12H2,2H3,(H,23,26)/t16-/m0/s1. The van der Waals surface area contributed by atoms with Crippen molar-refractivity contribution in [3.63, 3.8) is 0 Å². The Morgan fingerprint density at radius 3 is 2.93 bits per heavy atom. The molecule has 2 aromatic heterocycles. The van der Waals surface area contributed by atoms with Crippen LogP contribution >= 0.6 is 0 Å². The summed E-state index contributed by atoms with van der Waals surface area (Å²) in [5.74, 6) is 1.61. The molecule has 1 N–H and O–H groups in total. The van der Waals surface area contributed by atoms with Gasteiger partial charge in [0.25, 0.3) is 5.95 Å². The largest absolute Gasteiger partial charge is 0.490 e. The van der Waals surface area contributed by atoms with Gasteiger partial charge < -0.3 is 10.1 Å². The van der Waals surface area contributed by atoms with Gasteiger partial charge in [0.15, 0.2) is 0 Å². The highest BCUT2D eigenvalue weighted by molar-refractivity contribution is 5.95. The smallest absolute Gasteiger partial charge is 0.252 e. The summed E-state index contributed by atoms with van der Waals surface area (Å²) in [4.78, 5) is 20.9. The Labute approximate surface area is 156 Å². The Kier molecular flexibility index (Phi) is 4.42. The Morgan fingerprint density at radius 1 is 1.33 bits per heavy atom. The van der Waals surface area contributed by atoms with Gasteiger partial charge >= 0.3 is 0 Å². The van der Waals surface area contributed by atoms with Crippen molar-refractivity contribution in [2.45, 2.75) is 19.3 Å². The molecule has 136 valence electrons. The SMILES string of the molecule is C=CCOc1cccc([C@@H]2CC(=O)Nc3c2c(C)nn3-c2ncccn2)c1. The molecule has 3 heterocycles. The molecule has 7 nitrogen and oxygen atoms in total. The van der Waals surface area contributed by atoms with Crippen LogP contribution in [0.25, 0.3) is 5.95 Å². The van der Waals surface area contributed by atoms with Crippen LogP contribution in [-0.4, -0.2) is 32.3 Å². The molecule has 27 heavy (non-hydrogen) atoms. The van der Waals surface area contributed by atoms with Gasteiger partial charge in [-0.1, -0.05) is 24.8 Å². The molecule has 0 saturated heterocycles. The third-order valence-corrected chi connectivity index (χ3v) is 4.47. The molecule has 0 radical (unpaired) electrons. The van der Waals surface area contributed by atoms with Gasteiger partial charge in [-0.15, -0.1) is 0 Å². The molecule has 0 spiro atoms. The second kappa shape index (κ2) is 7.03. The molecule has 0 saturated carbocycles. The lowest BCUT2D eigenvalue weighted by Gasteiger charge is -2.24. The first kappa shape index (κ1) is 17.0. The number of aromatic nitrogens is 4. The van der Waals surface area contributed by atoms with Crippen molar-refractivity contribution < 1.29 is 9.53 Å². The predicted octanol–water partition coefficient (Wildman–Crippen LogP) is 3.01. The molecule has 0 aliphatic carbocycles. The Morgan fingerprint density at radius 2 is 2.15 bits per heavy atom. The first-order valence-electron chi connectivity index (χ1n) is 8.68. The highest BCUT2D eigenvalue weighted by Gasteiger charge is 2.33. The Bertz CT molecular complexity index is 997. The van der Waals surface area contributed by atoms with Gasteiger partial charge in [-0.05, 0) is 30.7 Å². The van der Waals surface area contributed by atoms with Gasteiger partial charge in [0.05, 0.1) is 5.69 Å². The minimum atomic E-state index is -0.113. The van der Waals surface area contributed by atoms with E-state index in [-0.39, 0.29) is 11.8 Å². The predicted molar refractivity (Wildman–Crippen MR) is 101 cm³/mol. The summed E-state index contributed by atoms with van der Waals surface area (Å²) in [7, 11) is 0. The third-order valence-electron chi connectivity index (χ3n) is 4.47. The van der Waals surface area contributed by atoms with E-state index >= 15 is 0 Å². The second-order valence-electron chi connectivity index (χ2n) is 6.29. The number of aryl methyl sites for hydroxylation is 1. The molecule has 7 heteroatoms. The van der Waals surface area contributed by atoms with Gasteiger partial charge in [-0.25, -0.2) is 9.97 Å². The number of hydrogen-bond acceptors (Lipinski definition) is 5. The van der Waals surface area contributed by atoms with Crippen LogP contribution in [0.1, 0.15) is 29.2 Å². The van der Waals surface area contributed by atoms with Crippen LogP contribution in [-0.2, 0) is 4.79 Å². The molecule has 1 aliphatic rings. The van der Waals surface area contributed by atoms with Crippen molar-refractivity contribution in [1.29, 1.82) is 0 Å². The van der Waals surface area contributed by atoms with E-state index in [0.717, 1.165) is 22.6 Å². The van der Waals surface area contributed by atoms with Crippen molar-refractivity contribution >= 4 is 11.7 Å². The number of ether oxygens (including phenoxy) is 1. The number of anilines is 1. The van der Waals surface area contributed by atoms with Crippen LogP contribution in [0.2, 0.25) is 0 Å². The first-order valence-corrected chi connectivity index (χ1v) is 8.68. The van der Waals surface area contributed by atoms with Gasteiger partial charge in [-0.3, -0.25) is 4.79 Å². The Hall–Kier alpha value is -3.48. The summed E-state index contributed by atoms with van der Waals surface area (Å²) in [6, 6.07) is 9.53. The molecule has 0 fully saturated rings. The Balaban J connectivity index is 1.79. The minimum absolute atomic E-state index is 0.0676. The van der Waals surface area contributed by atoms with Crippen LogP contribution in [0.5, 0.6) is 5.75 Å². The molecule has 1 aliphatic heterocycles. The fraction of sp³-hybridized carbons (Fsp3) is 0.200. The summed E-state index contributed by atoms with van der Waals surface area (Å²) in [5.41, 5.74) is 2.81. The molecule has 3 aromatic rings. The summed E-state index contributed by atoms with van der Waals surface area (Å²) < 4.78 is 7.24. The van der Waals surface area contributed by atoms with E-state index in [2.05, 4.69) is 27.0 Å². The van der Waals surface area contributed by atoms with Crippen molar-refractivity contribution in [3.8, 4) is 11.7 Å². The monoisotopic (exact) mass is 361 g/mol. The van der Waals surface area contributed by atoms with Gasteiger partial charge in [0.1, 0.15) is 18.2 Å². The fourth-order valence-corrected chi connectivity index (χ4v) is 3.35. The summed E-state index contributed by atoms with van der Waals surface area (Å²) in [6.07, 6.45) is 5.34. The average molecular weight is 361 g/mol. The maximum atomic E-state index is 12.4. The van der Waals surface area contributed by atoms with E-state index in [9.17, 15) is 4.79 Å². The molecule has 0 unspecified atom stereocenters. The molecule has 1 atom stereocenters. The van der Waals surface area contributed by atoms with E-state index in [1.54, 1.807) is 29.2 Å². The minimum Gasteiger partial charge on any atom is -0.490 e. The van der Waals surface area contributed by atoms with E-state index < -0.39 is 0 Å². The highest BCUT2D eigenvalue weighted by atomic mass is 16.5. The summed E-state index contributed by atoms with van der Waals surface area (Å²) in [5, 5.41) is 7.51. The quantitative estimate of drug-likeness (QED) is 0.707. The van der Waals surface area contributed by atoms with Gasteiger partial charge in [0, 0.05) is 30.3 Å². The van der Waals surface area contributed by atoms with Crippen LogP contribution < -0.4 is 10.1 Å². The average Bonchev–Trinajstić information content (AvgIpc) is 3.03. The van der Waals surface area contributed by atoms with E-state index in [1.165, 1.54) is 0 Å². The van der Waals surface area contributed by atoms with Crippen molar-refractivity contribution in [1.82, 2.24) is 19.7 Å². The van der Waals surface area contributed by atoms with Crippen LogP contribution in [0.15, 0.2) is 55.4 Å². The first-order chi connectivity index (χ1) is 13.2. The van der Waals surface area contributed by atoms with Crippen molar-refractivity contribution in [2.24, 2.45) is 0 Å². The van der Waals surface area contributed by atoms with E-state index in [1.807, 2.05) is 31.2 Å². The number of amides is 1. The summed E-state index contributed by atoms with van der Waals surface area (Å²) in [6.45, 7) is 6.03. The van der Waals surface area contributed by atoms with Crippen LogP contribution in [0.4, 0.5) is 5.82 Å². The number of fused-ring (bicyclic) bond motifs is 1. The fourth-order valence-electron chi connectivity index (χ4n) is 3.35. The lowest BCUT2D eigenvalue weighted by atomic mass is 9.86. The number of nitrogens with one attached hydrogen (secondary N) is 1. The number of nitrogens with zero attached hydrogens (tertiary/aromatic N) is 4. The summed E-state index contributed by atoms with van der Waals surface area (Å²) >= 11 is 0. The van der Waals surface area contributed by atoms with Crippen molar-refractivity contribution in [2.75, 3.05) is 11.9 Å². The van der Waals surface area contributed by atoms with Crippen LogP contribution in [0, 0.1) is 6.92 Å². The second-order valence-corrected chi connectivity index (χ2v) is 6.29. The molecular formula is C20H19N5O2. The van der Waals surface area contributed by atoms with Crippen molar-refractivity contribution in [3.05, 3.63) is 72.2 Å². The zero-order valence-corrected chi connectivity index (χ0v) is 14.9. The molecule has 1 aromatic carbocycles. The lowest BCUT2D eigenvalue weighted by molar-refractivity contribution is -0.116. The van der Waals surface area contributed by atoms with E-state index in [0.29, 0.717) is 24.8 Å². The maximum Gasteiger partial charge on any atom is 0.252 e. The number of carbonyl (C=O) groups is 1. The zero-order chi connectivity index (χ0) is 18.8. The lowest BCUT2D eigenvalue weighted by Crippen LogP contribution is -2.25. The maximum absolute atomic E-state index is 12.4. The molecule has 4 rings (SSSR count). The van der Waals surface area contributed by atoms with Gasteiger partial charge in [0.2, 0.25) is 5.91 Å². The highest BCUT2D eigenvalue weighted by Crippen LogP contribution is 2.40. The molecule has 0 bridgehead atoms. The number of rotatable bonds is 5. The topological polar surface area (TPSA) is 81.9 Å². The van der Waals surface area contributed by atoms with Crippen LogP contribution in [0.3, 0.4) is 0 Å². The molecular weight excluding hydrogens is 342 g/mol. The number of hydrogen-bond donors (Lipinski definition) is 1. The number of benzene rings is 1. The zero-order valence-electron chi connectivity index (χ0n) is 14.9. The van der Waals surface area contributed by atoms with Gasteiger partial charge in [-0.2, -0.15) is 9.78 Å². The third kappa shape index (κ3) is 3.19.